The molecule has 18 heavy (non-hydrogen) atoms. The van der Waals surface area contributed by atoms with E-state index in [1.165, 1.54) is 17.5 Å². The summed E-state index contributed by atoms with van der Waals surface area (Å²) in [5.74, 6) is 1.58. The van der Waals surface area contributed by atoms with E-state index in [-0.39, 0.29) is 0 Å². The third-order valence-corrected chi connectivity index (χ3v) is 3.84. The molecular weight excluding hydrogens is 224 g/mol. The minimum atomic E-state index is 0.460. The molecule has 0 bridgehead atoms. The first kappa shape index (κ1) is 13.4. The Bertz CT molecular complexity index is 400. The van der Waals surface area contributed by atoms with Gasteiger partial charge in [-0.15, -0.1) is 0 Å². The van der Waals surface area contributed by atoms with Gasteiger partial charge < -0.3 is 9.47 Å². The van der Waals surface area contributed by atoms with Crippen molar-refractivity contribution < 1.29 is 9.47 Å². The monoisotopic (exact) mass is 248 g/mol. The Labute approximate surface area is 110 Å². The van der Waals surface area contributed by atoms with Crippen LogP contribution in [0.3, 0.4) is 0 Å². The minimum Gasteiger partial charge on any atom is -0.494 e. The zero-order chi connectivity index (χ0) is 13.1. The molecule has 1 aromatic carbocycles. The average Bonchev–Trinajstić information content (AvgIpc) is 3.03. The Hall–Kier alpha value is -1.02. The van der Waals surface area contributed by atoms with E-state index in [0.29, 0.717) is 18.1 Å². The fourth-order valence-corrected chi connectivity index (χ4v) is 2.63. The summed E-state index contributed by atoms with van der Waals surface area (Å²) in [7, 11) is 0. The van der Waals surface area contributed by atoms with Crippen LogP contribution in [-0.2, 0) is 4.74 Å². The van der Waals surface area contributed by atoms with Crippen LogP contribution in [0, 0.1) is 6.92 Å². The molecule has 0 saturated carbocycles. The molecule has 0 aromatic heterocycles. The molecule has 2 nitrogen and oxygen atoms in total. The first-order chi connectivity index (χ1) is 8.65. The topological polar surface area (TPSA) is 21.8 Å². The van der Waals surface area contributed by atoms with Crippen molar-refractivity contribution in [3.05, 3.63) is 29.3 Å². The van der Waals surface area contributed by atoms with Crippen LogP contribution < -0.4 is 4.74 Å². The molecule has 0 N–H and O–H groups in total. The van der Waals surface area contributed by atoms with E-state index in [9.17, 15) is 0 Å². The quantitative estimate of drug-likeness (QED) is 0.708. The standard InChI is InChI=1S/C16H24O2/c1-5-13(10-16-12(4)18-16)15-8-7-14(17-6-2)9-11(15)3/h7-9,12-13,16H,5-6,10H2,1-4H3. The lowest BCUT2D eigenvalue weighted by molar-refractivity contribution is 0.339. The second-order valence-electron chi connectivity index (χ2n) is 5.17. The van der Waals surface area contributed by atoms with Gasteiger partial charge in [-0.3, -0.25) is 0 Å². The summed E-state index contributed by atoms with van der Waals surface area (Å²) in [6, 6.07) is 6.46. The highest BCUT2D eigenvalue weighted by atomic mass is 16.6. The van der Waals surface area contributed by atoms with Gasteiger partial charge in [0.25, 0.3) is 0 Å². The number of aryl methyl sites for hydroxylation is 1. The van der Waals surface area contributed by atoms with Gasteiger partial charge in [0, 0.05) is 0 Å². The van der Waals surface area contributed by atoms with Gasteiger partial charge in [0.05, 0.1) is 18.8 Å². The Kier molecular flexibility index (Phi) is 4.28. The van der Waals surface area contributed by atoms with Gasteiger partial charge in [0.2, 0.25) is 0 Å². The van der Waals surface area contributed by atoms with Crippen molar-refractivity contribution in [3.8, 4) is 5.75 Å². The number of ether oxygens (including phenoxy) is 2. The lowest BCUT2D eigenvalue weighted by Crippen LogP contribution is -2.05. The first-order valence-electron chi connectivity index (χ1n) is 7.04. The Morgan fingerprint density at radius 3 is 2.56 bits per heavy atom. The summed E-state index contributed by atoms with van der Waals surface area (Å²) in [4.78, 5) is 0. The number of epoxide rings is 1. The predicted octanol–water partition coefficient (Wildman–Crippen LogP) is 4.06. The zero-order valence-electron chi connectivity index (χ0n) is 11.9. The van der Waals surface area contributed by atoms with Crippen LogP contribution in [0.5, 0.6) is 5.75 Å². The van der Waals surface area contributed by atoms with Crippen LogP contribution in [-0.4, -0.2) is 18.8 Å². The third kappa shape index (κ3) is 3.05. The molecule has 1 aliphatic rings. The van der Waals surface area contributed by atoms with Crippen LogP contribution >= 0.6 is 0 Å². The molecule has 1 saturated heterocycles. The lowest BCUT2D eigenvalue weighted by Gasteiger charge is -2.17. The molecule has 0 aliphatic carbocycles. The highest BCUT2D eigenvalue weighted by Gasteiger charge is 2.36. The van der Waals surface area contributed by atoms with E-state index < -0.39 is 0 Å². The van der Waals surface area contributed by atoms with Crippen LogP contribution in [0.1, 0.15) is 50.7 Å². The zero-order valence-corrected chi connectivity index (χ0v) is 11.9. The van der Waals surface area contributed by atoms with Gasteiger partial charge in [-0.2, -0.15) is 0 Å². The molecule has 1 aliphatic heterocycles. The molecule has 0 spiro atoms. The molecule has 2 heteroatoms. The number of hydrogen-bond donors (Lipinski definition) is 0. The summed E-state index contributed by atoms with van der Waals surface area (Å²) >= 11 is 0. The molecule has 3 atom stereocenters. The van der Waals surface area contributed by atoms with Crippen molar-refractivity contribution in [1.29, 1.82) is 0 Å². The fraction of sp³-hybridized carbons (Fsp3) is 0.625. The summed E-state index contributed by atoms with van der Waals surface area (Å²) < 4.78 is 11.1. The van der Waals surface area contributed by atoms with Crippen LogP contribution in [0.2, 0.25) is 0 Å². The largest absolute Gasteiger partial charge is 0.494 e. The maximum atomic E-state index is 5.55. The number of hydrogen-bond acceptors (Lipinski definition) is 2. The number of rotatable bonds is 6. The third-order valence-electron chi connectivity index (χ3n) is 3.84. The number of benzene rings is 1. The molecule has 1 fully saturated rings. The van der Waals surface area contributed by atoms with E-state index >= 15 is 0 Å². The van der Waals surface area contributed by atoms with Gasteiger partial charge in [-0.1, -0.05) is 13.0 Å². The molecule has 3 unspecified atom stereocenters. The predicted molar refractivity (Wildman–Crippen MR) is 74.3 cm³/mol. The van der Waals surface area contributed by atoms with Crippen molar-refractivity contribution in [1.82, 2.24) is 0 Å². The maximum absolute atomic E-state index is 5.55. The Morgan fingerprint density at radius 1 is 1.33 bits per heavy atom. The summed E-state index contributed by atoms with van der Waals surface area (Å²) in [6.45, 7) is 9.33. The fourth-order valence-electron chi connectivity index (χ4n) is 2.63. The lowest BCUT2D eigenvalue weighted by atomic mass is 9.88. The molecular formula is C16H24O2. The van der Waals surface area contributed by atoms with Gasteiger partial charge in [0.15, 0.2) is 0 Å². The highest BCUT2D eigenvalue weighted by molar-refractivity contribution is 5.37. The van der Waals surface area contributed by atoms with E-state index in [1.807, 2.05) is 6.92 Å². The summed E-state index contributed by atoms with van der Waals surface area (Å²) in [5, 5.41) is 0. The second-order valence-corrected chi connectivity index (χ2v) is 5.17. The smallest absolute Gasteiger partial charge is 0.119 e. The Morgan fingerprint density at radius 2 is 2.06 bits per heavy atom. The second kappa shape index (κ2) is 5.75. The molecule has 2 rings (SSSR count). The van der Waals surface area contributed by atoms with Gasteiger partial charge in [0.1, 0.15) is 5.75 Å². The molecule has 0 radical (unpaired) electrons. The van der Waals surface area contributed by atoms with Crippen LogP contribution in [0.15, 0.2) is 18.2 Å². The summed E-state index contributed by atoms with van der Waals surface area (Å²) in [5.41, 5.74) is 2.78. The molecule has 100 valence electrons. The van der Waals surface area contributed by atoms with Crippen LogP contribution in [0.4, 0.5) is 0 Å². The Balaban J connectivity index is 2.09. The summed E-state index contributed by atoms with van der Waals surface area (Å²) in [6.07, 6.45) is 3.25. The van der Waals surface area contributed by atoms with Crippen molar-refractivity contribution in [2.75, 3.05) is 6.61 Å². The molecule has 0 amide bonds. The van der Waals surface area contributed by atoms with E-state index in [1.54, 1.807) is 0 Å². The SMILES string of the molecule is CCOc1ccc(C(CC)CC2OC2C)c(C)c1. The minimum absolute atomic E-state index is 0.460. The van der Waals surface area contributed by atoms with Crippen LogP contribution in [0.25, 0.3) is 0 Å². The van der Waals surface area contributed by atoms with E-state index in [4.69, 9.17) is 9.47 Å². The average molecular weight is 248 g/mol. The first-order valence-corrected chi connectivity index (χ1v) is 7.04. The van der Waals surface area contributed by atoms with Crippen molar-refractivity contribution in [2.24, 2.45) is 0 Å². The van der Waals surface area contributed by atoms with Gasteiger partial charge >= 0.3 is 0 Å². The van der Waals surface area contributed by atoms with Gasteiger partial charge in [-0.05, 0) is 62.8 Å². The van der Waals surface area contributed by atoms with Crippen molar-refractivity contribution in [3.63, 3.8) is 0 Å². The molecule has 1 aromatic rings. The molecule has 1 heterocycles. The normalized spacial score (nSPS) is 23.8. The van der Waals surface area contributed by atoms with Gasteiger partial charge in [-0.25, -0.2) is 0 Å². The van der Waals surface area contributed by atoms with E-state index in [2.05, 4.69) is 39.0 Å². The highest BCUT2D eigenvalue weighted by Crippen LogP contribution is 2.36. The van der Waals surface area contributed by atoms with E-state index in [0.717, 1.165) is 18.8 Å². The maximum Gasteiger partial charge on any atom is 0.119 e. The van der Waals surface area contributed by atoms with Crippen molar-refractivity contribution >= 4 is 0 Å². The van der Waals surface area contributed by atoms with Crippen molar-refractivity contribution in [2.45, 2.75) is 58.7 Å².